The van der Waals surface area contributed by atoms with Crippen molar-refractivity contribution in [2.75, 3.05) is 26.0 Å². The van der Waals surface area contributed by atoms with Crippen molar-refractivity contribution in [1.82, 2.24) is 0 Å². The van der Waals surface area contributed by atoms with Crippen molar-refractivity contribution < 1.29 is 23.1 Å². The Balaban J connectivity index is 4.67. The van der Waals surface area contributed by atoms with E-state index in [1.807, 2.05) is 0 Å². The molecule has 0 unspecified atom stereocenters. The van der Waals surface area contributed by atoms with Gasteiger partial charge in [-0.05, 0) is 6.92 Å². The third-order valence-corrected chi connectivity index (χ3v) is 3.77. The molecule has 20 heavy (non-hydrogen) atoms. The van der Waals surface area contributed by atoms with Gasteiger partial charge in [0.05, 0.1) is 19.4 Å². The van der Waals surface area contributed by atoms with Crippen molar-refractivity contribution >= 4 is 13.6 Å². The largest absolute Gasteiger partial charge is 0.458 e. The van der Waals surface area contributed by atoms with Crippen LogP contribution in [0.1, 0.15) is 6.92 Å². The van der Waals surface area contributed by atoms with Crippen LogP contribution in [-0.4, -0.2) is 32.0 Å². The zero-order valence-corrected chi connectivity index (χ0v) is 12.6. The number of rotatable bonds is 11. The van der Waals surface area contributed by atoms with Crippen LogP contribution in [0.25, 0.3) is 0 Å². The first-order valence-electron chi connectivity index (χ1n) is 6.03. The van der Waals surface area contributed by atoms with Gasteiger partial charge in [0, 0.05) is 5.57 Å². The highest BCUT2D eigenvalue weighted by atomic mass is 31.2. The molecule has 0 bridgehead atoms. The molecule has 0 aromatic carbocycles. The average Bonchev–Trinajstić information content (AvgIpc) is 2.46. The second-order valence-corrected chi connectivity index (χ2v) is 5.84. The molecule has 0 aliphatic carbocycles. The van der Waals surface area contributed by atoms with E-state index in [1.54, 1.807) is 6.92 Å². The van der Waals surface area contributed by atoms with Crippen molar-refractivity contribution in [3.63, 3.8) is 0 Å². The van der Waals surface area contributed by atoms with Gasteiger partial charge in [0.2, 0.25) is 0 Å². The van der Waals surface area contributed by atoms with Crippen molar-refractivity contribution in [3.8, 4) is 0 Å². The molecule has 0 saturated heterocycles. The highest BCUT2D eigenvalue weighted by molar-refractivity contribution is 7.54. The first-order valence-corrected chi connectivity index (χ1v) is 7.76. The van der Waals surface area contributed by atoms with E-state index in [1.165, 1.54) is 24.3 Å². The van der Waals surface area contributed by atoms with Gasteiger partial charge in [-0.25, -0.2) is 4.79 Å². The normalized spacial score (nSPS) is 11.8. The number of ether oxygens (including phenoxy) is 1. The highest BCUT2D eigenvalue weighted by Crippen LogP contribution is 2.48. The molecule has 0 heterocycles. The minimum Gasteiger partial charge on any atom is -0.458 e. The van der Waals surface area contributed by atoms with Crippen LogP contribution in [0.5, 0.6) is 0 Å². The lowest BCUT2D eigenvalue weighted by atomic mass is 10.3. The third-order valence-electron chi connectivity index (χ3n) is 2.05. The fraction of sp³-hybridized carbons (Fsp3) is 0.357. The van der Waals surface area contributed by atoms with Gasteiger partial charge in [0.1, 0.15) is 6.61 Å². The molecule has 6 heteroatoms. The molecule has 0 saturated carbocycles. The molecule has 0 aliphatic rings. The lowest BCUT2D eigenvalue weighted by Gasteiger charge is -2.15. The summed E-state index contributed by atoms with van der Waals surface area (Å²) >= 11 is 0. The van der Waals surface area contributed by atoms with E-state index < -0.39 is 13.6 Å². The van der Waals surface area contributed by atoms with Crippen LogP contribution >= 0.6 is 7.60 Å². The number of hydrogen-bond acceptors (Lipinski definition) is 5. The summed E-state index contributed by atoms with van der Waals surface area (Å²) in [6.07, 6.45) is 5.86. The maximum absolute atomic E-state index is 12.3. The van der Waals surface area contributed by atoms with Crippen molar-refractivity contribution in [1.29, 1.82) is 0 Å². The zero-order valence-electron chi connectivity index (χ0n) is 11.7. The molecule has 112 valence electrons. The second-order valence-electron chi connectivity index (χ2n) is 3.74. The van der Waals surface area contributed by atoms with E-state index >= 15 is 0 Å². The predicted octanol–water partition coefficient (Wildman–Crippen LogP) is 3.26. The third kappa shape index (κ3) is 7.89. The molecule has 0 aliphatic heterocycles. The van der Waals surface area contributed by atoms with Gasteiger partial charge in [0.25, 0.3) is 0 Å². The maximum Gasteiger partial charge on any atom is 0.335 e. The molecule has 0 fully saturated rings. The molecule has 0 rings (SSSR count). The summed E-state index contributed by atoms with van der Waals surface area (Å²) in [5.74, 6) is -0.496. The summed E-state index contributed by atoms with van der Waals surface area (Å²) in [6, 6.07) is 0. The van der Waals surface area contributed by atoms with Gasteiger partial charge in [-0.1, -0.05) is 30.9 Å². The Morgan fingerprint density at radius 1 is 1.05 bits per heavy atom. The molecule has 0 aromatic rings. The van der Waals surface area contributed by atoms with E-state index in [9.17, 15) is 9.36 Å². The lowest BCUT2D eigenvalue weighted by Crippen LogP contribution is -2.07. The molecule has 0 aromatic heterocycles. The number of allylic oxidation sites excluding steroid dienone is 1. The summed E-state index contributed by atoms with van der Waals surface area (Å²) in [5, 5.41) is 0. The van der Waals surface area contributed by atoms with Crippen LogP contribution in [-0.2, 0) is 23.1 Å². The SMILES string of the molecule is C=CCOC(=O)C(C)=CCP(=O)(OCC=C)OCC=C. The molecule has 0 spiro atoms. The standard InChI is InChI=1S/C14H21O5P/c1-5-9-17-14(15)13(4)8-12-20(16,18-10-6-2)19-11-7-3/h5-8H,1-3,9-12H2,4H3. The lowest BCUT2D eigenvalue weighted by molar-refractivity contribution is -0.137. The monoisotopic (exact) mass is 300 g/mol. The first kappa shape index (κ1) is 18.6. The van der Waals surface area contributed by atoms with E-state index in [4.69, 9.17) is 13.8 Å². The van der Waals surface area contributed by atoms with Gasteiger partial charge in [-0.3, -0.25) is 4.57 Å². The molecule has 0 atom stereocenters. The fourth-order valence-corrected chi connectivity index (χ4v) is 2.50. The van der Waals surface area contributed by atoms with Crippen LogP contribution in [0.3, 0.4) is 0 Å². The Labute approximate surface area is 120 Å². The molecular formula is C14H21O5P. The summed E-state index contributed by atoms with van der Waals surface area (Å²) < 4.78 is 27.5. The Bertz CT molecular complexity index is 409. The van der Waals surface area contributed by atoms with Gasteiger partial charge >= 0.3 is 13.6 Å². The Kier molecular flexibility index (Phi) is 9.64. The Morgan fingerprint density at radius 3 is 2.00 bits per heavy atom. The summed E-state index contributed by atoms with van der Waals surface area (Å²) in [6.45, 7) is 12.3. The van der Waals surface area contributed by atoms with Crippen LogP contribution in [0, 0.1) is 0 Å². The number of carbonyl (C=O) groups excluding carboxylic acids is 1. The Morgan fingerprint density at radius 2 is 1.55 bits per heavy atom. The van der Waals surface area contributed by atoms with Crippen LogP contribution < -0.4 is 0 Å². The predicted molar refractivity (Wildman–Crippen MR) is 79.7 cm³/mol. The van der Waals surface area contributed by atoms with Gasteiger partial charge in [0.15, 0.2) is 0 Å². The van der Waals surface area contributed by atoms with E-state index in [-0.39, 0.29) is 26.0 Å². The second kappa shape index (κ2) is 10.4. The topological polar surface area (TPSA) is 61.8 Å². The smallest absolute Gasteiger partial charge is 0.335 e. The van der Waals surface area contributed by atoms with Crippen molar-refractivity contribution in [3.05, 3.63) is 49.6 Å². The minimum absolute atomic E-state index is 0.0241. The molecule has 0 radical (unpaired) electrons. The summed E-state index contributed by atoms with van der Waals surface area (Å²) in [4.78, 5) is 11.5. The molecule has 0 amide bonds. The van der Waals surface area contributed by atoms with Crippen molar-refractivity contribution in [2.45, 2.75) is 6.92 Å². The summed E-state index contributed by atoms with van der Waals surface area (Å²) in [7, 11) is -3.32. The van der Waals surface area contributed by atoms with Crippen LogP contribution in [0.15, 0.2) is 49.6 Å². The highest BCUT2D eigenvalue weighted by Gasteiger charge is 2.22. The maximum atomic E-state index is 12.3. The fourth-order valence-electron chi connectivity index (χ4n) is 1.06. The zero-order chi connectivity index (χ0) is 15.4. The number of hydrogen-bond donors (Lipinski definition) is 0. The minimum atomic E-state index is -3.32. The van der Waals surface area contributed by atoms with Crippen molar-refractivity contribution in [2.24, 2.45) is 0 Å². The Hall–Kier alpha value is -1.42. The van der Waals surface area contributed by atoms with Gasteiger partial charge < -0.3 is 13.8 Å². The molecular weight excluding hydrogens is 279 g/mol. The van der Waals surface area contributed by atoms with Crippen LogP contribution in [0.4, 0.5) is 0 Å². The number of carbonyl (C=O) groups is 1. The van der Waals surface area contributed by atoms with E-state index in [0.717, 1.165) is 0 Å². The molecule has 0 N–H and O–H groups in total. The first-order chi connectivity index (χ1) is 9.49. The average molecular weight is 300 g/mol. The van der Waals surface area contributed by atoms with E-state index in [2.05, 4.69) is 19.7 Å². The molecule has 5 nitrogen and oxygen atoms in total. The van der Waals surface area contributed by atoms with E-state index in [0.29, 0.717) is 5.57 Å². The number of esters is 1. The van der Waals surface area contributed by atoms with Crippen LogP contribution in [0.2, 0.25) is 0 Å². The quantitative estimate of drug-likeness (QED) is 0.254. The van der Waals surface area contributed by atoms with Gasteiger partial charge in [-0.2, -0.15) is 0 Å². The summed E-state index contributed by atoms with van der Waals surface area (Å²) in [5.41, 5.74) is 0.330. The van der Waals surface area contributed by atoms with Gasteiger partial charge in [-0.15, -0.1) is 13.2 Å².